The van der Waals surface area contributed by atoms with E-state index in [1.165, 1.54) is 12.0 Å². The second-order valence-corrected chi connectivity index (χ2v) is 3.83. The van der Waals surface area contributed by atoms with Gasteiger partial charge in [0.05, 0.1) is 0 Å². The van der Waals surface area contributed by atoms with Crippen molar-refractivity contribution in [3.05, 3.63) is 27.7 Å². The van der Waals surface area contributed by atoms with Crippen molar-refractivity contribution in [2.24, 2.45) is 0 Å². The summed E-state index contributed by atoms with van der Waals surface area (Å²) in [5.41, 5.74) is 2.45. The van der Waals surface area contributed by atoms with Crippen molar-refractivity contribution in [1.29, 1.82) is 0 Å². The Hall–Kier alpha value is -0.500. The van der Waals surface area contributed by atoms with Gasteiger partial charge in [-0.3, -0.25) is 0 Å². The van der Waals surface area contributed by atoms with Gasteiger partial charge in [-0.1, -0.05) is 15.9 Å². The number of aromatic hydroxyl groups is 1. The van der Waals surface area contributed by atoms with Crippen LogP contribution in [-0.4, -0.2) is 5.11 Å². The normalized spacial score (nSPS) is 15.0. The maximum Gasteiger partial charge on any atom is 0.120 e. The van der Waals surface area contributed by atoms with Crippen molar-refractivity contribution < 1.29 is 5.11 Å². The molecule has 0 aliphatic heterocycles. The Bertz CT molecular complexity index is 294. The number of phenols is 1. The zero-order chi connectivity index (χ0) is 7.84. The van der Waals surface area contributed by atoms with Gasteiger partial charge in [0.1, 0.15) is 5.75 Å². The summed E-state index contributed by atoms with van der Waals surface area (Å²) in [7, 11) is 0. The molecule has 2 rings (SSSR count). The van der Waals surface area contributed by atoms with Crippen LogP contribution in [0.2, 0.25) is 0 Å². The molecule has 2 heteroatoms. The molecule has 0 spiro atoms. The van der Waals surface area contributed by atoms with Crippen molar-refractivity contribution in [2.45, 2.75) is 19.3 Å². The van der Waals surface area contributed by atoms with Crippen LogP contribution < -0.4 is 0 Å². The molecule has 0 aromatic heterocycles. The lowest BCUT2D eigenvalue weighted by Gasteiger charge is -2.02. The first-order valence-electron chi connectivity index (χ1n) is 3.77. The molecule has 0 bridgehead atoms. The second kappa shape index (κ2) is 2.52. The maximum absolute atomic E-state index is 9.48. The fourth-order valence-electron chi connectivity index (χ4n) is 1.64. The molecule has 0 heterocycles. The summed E-state index contributed by atoms with van der Waals surface area (Å²) in [5.74, 6) is 0.451. The van der Waals surface area contributed by atoms with Gasteiger partial charge >= 0.3 is 0 Å². The lowest BCUT2D eigenvalue weighted by molar-refractivity contribution is 0.469. The minimum absolute atomic E-state index is 0.451. The summed E-state index contributed by atoms with van der Waals surface area (Å²) in [5, 5.41) is 9.48. The van der Waals surface area contributed by atoms with Crippen LogP contribution in [0.25, 0.3) is 0 Å². The number of aryl methyl sites for hydroxylation is 1. The third-order valence-electron chi connectivity index (χ3n) is 2.16. The number of rotatable bonds is 0. The van der Waals surface area contributed by atoms with Crippen LogP contribution >= 0.6 is 15.9 Å². The molecule has 1 aliphatic carbocycles. The molecule has 1 aromatic rings. The van der Waals surface area contributed by atoms with Crippen LogP contribution in [0.15, 0.2) is 16.6 Å². The van der Waals surface area contributed by atoms with Crippen LogP contribution in [0.4, 0.5) is 0 Å². The van der Waals surface area contributed by atoms with E-state index < -0.39 is 0 Å². The average molecular weight is 213 g/mol. The van der Waals surface area contributed by atoms with Crippen LogP contribution in [-0.2, 0) is 12.8 Å². The number of hydrogen-bond donors (Lipinski definition) is 1. The maximum atomic E-state index is 9.48. The third kappa shape index (κ3) is 1.16. The van der Waals surface area contributed by atoms with Gasteiger partial charge in [-0.25, -0.2) is 0 Å². The molecule has 1 aromatic carbocycles. The molecule has 0 fully saturated rings. The van der Waals surface area contributed by atoms with Crippen molar-refractivity contribution in [1.82, 2.24) is 0 Å². The van der Waals surface area contributed by atoms with Crippen molar-refractivity contribution in [3.63, 3.8) is 0 Å². The molecule has 0 radical (unpaired) electrons. The third-order valence-corrected chi connectivity index (χ3v) is 2.61. The van der Waals surface area contributed by atoms with Gasteiger partial charge < -0.3 is 5.11 Å². The lowest BCUT2D eigenvalue weighted by atomic mass is 10.1. The Labute approximate surface area is 74.2 Å². The molecule has 58 valence electrons. The molecule has 0 atom stereocenters. The Morgan fingerprint density at radius 2 is 2.09 bits per heavy atom. The Morgan fingerprint density at radius 1 is 1.27 bits per heavy atom. The van der Waals surface area contributed by atoms with E-state index in [1.807, 2.05) is 0 Å². The molecule has 1 aliphatic rings. The van der Waals surface area contributed by atoms with E-state index in [0.29, 0.717) is 5.75 Å². The molecule has 1 nitrogen and oxygen atoms in total. The van der Waals surface area contributed by atoms with Gasteiger partial charge in [0.15, 0.2) is 0 Å². The smallest absolute Gasteiger partial charge is 0.120 e. The molecule has 0 saturated heterocycles. The zero-order valence-corrected chi connectivity index (χ0v) is 7.69. The van der Waals surface area contributed by atoms with Gasteiger partial charge in [-0.2, -0.15) is 0 Å². The second-order valence-electron chi connectivity index (χ2n) is 2.92. The summed E-state index contributed by atoms with van der Waals surface area (Å²) in [6, 6.07) is 3.87. The van der Waals surface area contributed by atoms with E-state index in [1.54, 1.807) is 6.07 Å². The van der Waals surface area contributed by atoms with Gasteiger partial charge in [-0.05, 0) is 42.5 Å². The monoisotopic (exact) mass is 212 g/mol. The van der Waals surface area contributed by atoms with Gasteiger partial charge in [-0.15, -0.1) is 0 Å². The summed E-state index contributed by atoms with van der Waals surface area (Å²) in [4.78, 5) is 0. The van der Waals surface area contributed by atoms with Crippen molar-refractivity contribution >= 4 is 15.9 Å². The highest BCUT2D eigenvalue weighted by molar-refractivity contribution is 9.10. The number of halogens is 1. The fourth-order valence-corrected chi connectivity index (χ4v) is 2.14. The molecular weight excluding hydrogens is 204 g/mol. The zero-order valence-electron chi connectivity index (χ0n) is 6.10. The van der Waals surface area contributed by atoms with E-state index in [4.69, 9.17) is 0 Å². The van der Waals surface area contributed by atoms with Crippen LogP contribution in [0.1, 0.15) is 17.5 Å². The van der Waals surface area contributed by atoms with Crippen LogP contribution in [0.5, 0.6) is 5.75 Å². The molecule has 0 unspecified atom stereocenters. The highest BCUT2D eigenvalue weighted by Crippen LogP contribution is 2.32. The molecule has 0 amide bonds. The SMILES string of the molecule is Oc1cc(Br)cc2c1CCC2. The van der Waals surface area contributed by atoms with E-state index in [-0.39, 0.29) is 0 Å². The average Bonchev–Trinajstić information content (AvgIpc) is 2.34. The summed E-state index contributed by atoms with van der Waals surface area (Å²) >= 11 is 3.36. The predicted octanol–water partition coefficient (Wildman–Crippen LogP) is 2.64. The molecule has 11 heavy (non-hydrogen) atoms. The number of benzene rings is 1. The molecular formula is C9H9BrO. The van der Waals surface area contributed by atoms with Crippen molar-refractivity contribution in [3.8, 4) is 5.75 Å². The summed E-state index contributed by atoms with van der Waals surface area (Å²) < 4.78 is 0.982. The topological polar surface area (TPSA) is 20.2 Å². The standard InChI is InChI=1S/C9H9BrO/c10-7-4-6-2-1-3-8(6)9(11)5-7/h4-5,11H,1-3H2. The minimum Gasteiger partial charge on any atom is -0.508 e. The largest absolute Gasteiger partial charge is 0.508 e. The Morgan fingerprint density at radius 3 is 2.91 bits per heavy atom. The van der Waals surface area contributed by atoms with E-state index in [0.717, 1.165) is 22.9 Å². The van der Waals surface area contributed by atoms with Crippen molar-refractivity contribution in [2.75, 3.05) is 0 Å². The summed E-state index contributed by atoms with van der Waals surface area (Å²) in [6.45, 7) is 0. The quantitative estimate of drug-likeness (QED) is 0.702. The number of fused-ring (bicyclic) bond motifs is 1. The molecule has 1 N–H and O–H groups in total. The van der Waals surface area contributed by atoms with Gasteiger partial charge in [0.25, 0.3) is 0 Å². The first kappa shape index (κ1) is 7.17. The molecule has 0 saturated carbocycles. The first-order valence-corrected chi connectivity index (χ1v) is 4.57. The van der Waals surface area contributed by atoms with Gasteiger partial charge in [0, 0.05) is 4.47 Å². The lowest BCUT2D eigenvalue weighted by Crippen LogP contribution is -1.82. The minimum atomic E-state index is 0.451. The highest BCUT2D eigenvalue weighted by atomic mass is 79.9. The number of hydrogen-bond acceptors (Lipinski definition) is 1. The predicted molar refractivity (Wildman–Crippen MR) is 47.8 cm³/mol. The van der Waals surface area contributed by atoms with Crippen LogP contribution in [0, 0.1) is 0 Å². The Balaban J connectivity index is 2.60. The van der Waals surface area contributed by atoms with E-state index >= 15 is 0 Å². The first-order chi connectivity index (χ1) is 5.27. The Kier molecular flexibility index (Phi) is 1.64. The van der Waals surface area contributed by atoms with E-state index in [2.05, 4.69) is 22.0 Å². The number of phenolic OH excluding ortho intramolecular Hbond substituents is 1. The highest BCUT2D eigenvalue weighted by Gasteiger charge is 2.14. The summed E-state index contributed by atoms with van der Waals surface area (Å²) in [6.07, 6.45) is 3.33. The van der Waals surface area contributed by atoms with Crippen LogP contribution in [0.3, 0.4) is 0 Å². The van der Waals surface area contributed by atoms with Gasteiger partial charge in [0.2, 0.25) is 0 Å². The fraction of sp³-hybridized carbons (Fsp3) is 0.333. The van der Waals surface area contributed by atoms with E-state index in [9.17, 15) is 5.11 Å².